The Morgan fingerprint density at radius 1 is 0.845 bits per heavy atom. The van der Waals surface area contributed by atoms with E-state index < -0.39 is 90.1 Å². The number of esters is 1. The van der Waals surface area contributed by atoms with Crippen molar-refractivity contribution in [3.05, 3.63) is 47.7 Å². The summed E-state index contributed by atoms with van der Waals surface area (Å²) in [6.45, 7) is 11.6. The number of urea groups is 1. The first-order valence-corrected chi connectivity index (χ1v) is 20.5. The summed E-state index contributed by atoms with van der Waals surface area (Å²) in [5.74, 6) is -2.90. The highest BCUT2D eigenvalue weighted by Gasteiger charge is 2.47. The molecule has 4 saturated heterocycles. The Morgan fingerprint density at radius 2 is 1.53 bits per heavy atom. The van der Waals surface area contributed by atoms with Crippen molar-refractivity contribution < 1.29 is 43.1 Å². The fourth-order valence-corrected chi connectivity index (χ4v) is 8.44. The van der Waals surface area contributed by atoms with Crippen molar-refractivity contribution in [3.63, 3.8) is 0 Å². The van der Waals surface area contributed by atoms with Crippen LogP contribution in [0.3, 0.4) is 0 Å². The van der Waals surface area contributed by atoms with E-state index in [1.165, 1.54) is 21.6 Å². The first kappa shape index (κ1) is 42.4. The van der Waals surface area contributed by atoms with Crippen LogP contribution in [0.2, 0.25) is 0 Å². The highest BCUT2D eigenvalue weighted by atomic mass is 16.7. The van der Waals surface area contributed by atoms with Crippen LogP contribution in [0.1, 0.15) is 85.6 Å². The monoisotopic (exact) mass is 806 g/mol. The molecule has 17 nitrogen and oxygen atoms in total. The smallest absolute Gasteiger partial charge is 0.329 e. The molecule has 6 rings (SSSR count). The molecule has 4 fully saturated rings. The quantitative estimate of drug-likeness (QED) is 0.260. The van der Waals surface area contributed by atoms with E-state index in [1.54, 1.807) is 37.3 Å². The molecule has 1 aromatic rings. The number of benzene rings is 1. The number of carbonyl (C=O) groups is 7. The minimum absolute atomic E-state index is 0.0469. The van der Waals surface area contributed by atoms with Crippen molar-refractivity contribution in [2.24, 2.45) is 11.3 Å². The van der Waals surface area contributed by atoms with Gasteiger partial charge in [-0.15, -0.1) is 5.48 Å². The SMILES string of the molecule is C[C@@H]1C[C@H]2C(=O)O[C@@H](C)[C@H](NC(=O)[C@H](Cc3ccccc3)NC(=O)NC3C=C(C(C)(C)C)ON3)C(=O)N3CCC[C@H]3C(=O)N3CCCC[C@H]3C(=O)N[C@@H](C)C(=O)N2C1. The Kier molecular flexibility index (Phi) is 13.0. The molecule has 0 radical (unpaired) electrons. The predicted molar refractivity (Wildman–Crippen MR) is 210 cm³/mol. The number of nitrogens with one attached hydrogen (secondary N) is 5. The van der Waals surface area contributed by atoms with Gasteiger partial charge in [0.2, 0.25) is 29.5 Å². The Hall–Kier alpha value is -5.19. The summed E-state index contributed by atoms with van der Waals surface area (Å²) in [7, 11) is 0. The van der Waals surface area contributed by atoms with Crippen molar-refractivity contribution in [2.75, 3.05) is 19.6 Å². The molecule has 5 aliphatic rings. The third-order valence-electron chi connectivity index (χ3n) is 11.6. The van der Waals surface area contributed by atoms with Gasteiger partial charge in [0.1, 0.15) is 54.3 Å². The molecule has 5 aliphatic heterocycles. The summed E-state index contributed by atoms with van der Waals surface area (Å²) in [4.78, 5) is 108. The molecule has 1 aromatic carbocycles. The zero-order valence-corrected chi connectivity index (χ0v) is 34.2. The molecular weight excluding hydrogens is 748 g/mol. The number of carbonyl (C=O) groups excluding carboxylic acids is 7. The minimum Gasteiger partial charge on any atom is -0.458 e. The number of hydrogen-bond donors (Lipinski definition) is 5. The molecule has 0 spiro atoms. The number of hydrogen-bond acceptors (Lipinski definition) is 10. The molecule has 7 amide bonds. The van der Waals surface area contributed by atoms with E-state index in [-0.39, 0.29) is 30.8 Å². The van der Waals surface area contributed by atoms with E-state index in [1.807, 2.05) is 33.8 Å². The number of hydroxylamine groups is 1. The first-order chi connectivity index (χ1) is 27.5. The summed E-state index contributed by atoms with van der Waals surface area (Å²) in [5, 5.41) is 11.1. The zero-order valence-electron chi connectivity index (χ0n) is 34.2. The van der Waals surface area contributed by atoms with Gasteiger partial charge in [0.15, 0.2) is 0 Å². The largest absolute Gasteiger partial charge is 0.458 e. The molecule has 0 saturated carbocycles. The number of allylic oxidation sites excluding steroid dienone is 1. The zero-order chi connectivity index (χ0) is 41.9. The number of ether oxygens (including phenoxy) is 1. The van der Waals surface area contributed by atoms with Gasteiger partial charge in [-0.2, -0.15) is 0 Å². The van der Waals surface area contributed by atoms with Gasteiger partial charge in [-0.3, -0.25) is 24.0 Å². The van der Waals surface area contributed by atoms with Crippen molar-refractivity contribution >= 4 is 41.5 Å². The molecule has 0 bridgehead atoms. The predicted octanol–water partition coefficient (Wildman–Crippen LogP) is 1.23. The van der Waals surface area contributed by atoms with E-state index in [4.69, 9.17) is 9.57 Å². The average molecular weight is 807 g/mol. The lowest BCUT2D eigenvalue weighted by atomic mass is 9.94. The van der Waals surface area contributed by atoms with E-state index in [2.05, 4.69) is 26.7 Å². The van der Waals surface area contributed by atoms with E-state index in [0.29, 0.717) is 50.8 Å². The summed E-state index contributed by atoms with van der Waals surface area (Å²) in [6, 6.07) is 1.91. The van der Waals surface area contributed by atoms with Gasteiger partial charge in [-0.25, -0.2) is 9.59 Å². The fraction of sp³-hybridized carbons (Fsp3) is 0.634. The van der Waals surface area contributed by atoms with Crippen LogP contribution in [-0.4, -0.2) is 124 Å². The van der Waals surface area contributed by atoms with Crippen LogP contribution in [-0.2, 0) is 44.8 Å². The third-order valence-corrected chi connectivity index (χ3v) is 11.6. The lowest BCUT2D eigenvalue weighted by molar-refractivity contribution is -0.163. The summed E-state index contributed by atoms with van der Waals surface area (Å²) in [6.07, 6.45) is 2.72. The molecule has 0 aromatic heterocycles. The van der Waals surface area contributed by atoms with Gasteiger partial charge in [0.25, 0.3) is 0 Å². The summed E-state index contributed by atoms with van der Waals surface area (Å²) < 4.78 is 5.96. The molecule has 0 aliphatic carbocycles. The molecule has 5 N–H and O–H groups in total. The van der Waals surface area contributed by atoms with Gasteiger partial charge < -0.3 is 45.5 Å². The molecule has 58 heavy (non-hydrogen) atoms. The number of amides is 7. The van der Waals surface area contributed by atoms with Crippen LogP contribution in [0.15, 0.2) is 42.2 Å². The standard InChI is InChI=1S/C41H58N8O9/c1-23-19-30-39(55)57-25(3)33(45-34(50)27(20-26-13-8-7-9-14-26)43-40(56)44-32-21-31(58-46-32)41(4,5)6)38(54)48-18-12-16-29(48)37(53)47-17-11-10-15-28(47)35(51)42-24(2)36(52)49(30)22-23/h7-9,13-14,21,23-25,27-30,32-33,46H,10-12,15-20,22H2,1-6H3,(H,42,51)(H,45,50)(H2,43,44,56)/t23-,24+,25+,27+,28+,29+,30+,32?,33+/m1/s1. The lowest BCUT2D eigenvalue weighted by Gasteiger charge is -2.39. The Bertz CT molecular complexity index is 1780. The van der Waals surface area contributed by atoms with Gasteiger partial charge in [0.05, 0.1) is 0 Å². The third kappa shape index (κ3) is 9.56. The molecule has 17 heteroatoms. The van der Waals surface area contributed by atoms with Gasteiger partial charge in [-0.05, 0) is 69.9 Å². The van der Waals surface area contributed by atoms with Crippen LogP contribution in [0.25, 0.3) is 0 Å². The number of fused-ring (bicyclic) bond motifs is 3. The fourth-order valence-electron chi connectivity index (χ4n) is 8.44. The number of piperidine rings is 1. The number of nitrogens with zero attached hydrogens (tertiary/aromatic N) is 3. The van der Waals surface area contributed by atoms with Crippen LogP contribution >= 0.6 is 0 Å². The Balaban J connectivity index is 1.30. The second-order valence-electron chi connectivity index (χ2n) is 17.3. The van der Waals surface area contributed by atoms with Crippen molar-refractivity contribution in [3.8, 4) is 0 Å². The Labute approximate surface area is 339 Å². The molecular formula is C41H58N8O9. The summed E-state index contributed by atoms with van der Waals surface area (Å²) >= 11 is 0. The highest BCUT2D eigenvalue weighted by molar-refractivity contribution is 5.98. The van der Waals surface area contributed by atoms with Gasteiger partial charge in [0, 0.05) is 31.5 Å². The lowest BCUT2D eigenvalue weighted by Crippen LogP contribution is -2.63. The second-order valence-corrected chi connectivity index (χ2v) is 17.3. The van der Waals surface area contributed by atoms with E-state index in [9.17, 15) is 33.6 Å². The Morgan fingerprint density at radius 3 is 2.24 bits per heavy atom. The molecule has 316 valence electrons. The molecule has 1 unspecified atom stereocenters. The van der Waals surface area contributed by atoms with Crippen molar-refractivity contribution in [2.45, 2.75) is 135 Å². The molecule has 9 atom stereocenters. The average Bonchev–Trinajstić information content (AvgIpc) is 3.96. The number of rotatable bonds is 6. The van der Waals surface area contributed by atoms with E-state index in [0.717, 1.165) is 5.56 Å². The minimum atomic E-state index is -1.48. The van der Waals surface area contributed by atoms with Gasteiger partial charge >= 0.3 is 12.0 Å². The van der Waals surface area contributed by atoms with Crippen LogP contribution in [0.4, 0.5) is 4.79 Å². The van der Waals surface area contributed by atoms with Crippen LogP contribution in [0.5, 0.6) is 0 Å². The first-order valence-electron chi connectivity index (χ1n) is 20.5. The summed E-state index contributed by atoms with van der Waals surface area (Å²) in [5.41, 5.74) is 3.16. The number of cyclic esters (lactones) is 1. The highest BCUT2D eigenvalue weighted by Crippen LogP contribution is 2.30. The van der Waals surface area contributed by atoms with Gasteiger partial charge in [-0.1, -0.05) is 58.0 Å². The topological polar surface area (TPSA) is 208 Å². The van der Waals surface area contributed by atoms with Crippen molar-refractivity contribution in [1.29, 1.82) is 0 Å². The maximum atomic E-state index is 14.7. The van der Waals surface area contributed by atoms with Crippen LogP contribution < -0.4 is 26.7 Å². The maximum Gasteiger partial charge on any atom is 0.329 e. The maximum absolute atomic E-state index is 14.7. The van der Waals surface area contributed by atoms with Crippen molar-refractivity contribution in [1.82, 2.24) is 41.4 Å². The normalized spacial score (nSPS) is 30.3. The van der Waals surface area contributed by atoms with E-state index >= 15 is 0 Å². The second kappa shape index (κ2) is 17.7. The van der Waals surface area contributed by atoms with Crippen LogP contribution in [0, 0.1) is 11.3 Å². The molecule has 5 heterocycles.